The first-order valence-electron chi connectivity index (χ1n) is 10.6. The molecule has 0 aliphatic heterocycles. The van der Waals surface area contributed by atoms with E-state index in [-0.39, 0.29) is 18.7 Å². The Labute approximate surface area is 178 Å². The topological polar surface area (TPSA) is 102 Å². The number of carboxylic acids is 1. The van der Waals surface area contributed by atoms with Gasteiger partial charge in [-0.05, 0) is 49.1 Å². The number of amides is 1. The largest absolute Gasteiger partial charge is 0.494 e. The average molecular weight is 413 g/mol. The predicted octanol–water partition coefficient (Wildman–Crippen LogP) is 3.33. The minimum atomic E-state index is -1.04. The average Bonchev–Trinajstić information content (AvgIpc) is 2.76. The molecule has 0 fully saturated rings. The normalized spacial score (nSPS) is 11.6. The maximum absolute atomic E-state index is 12.2. The van der Waals surface area contributed by atoms with Crippen molar-refractivity contribution in [3.63, 3.8) is 0 Å². The SMILES string of the molecule is NCCCCCCOc1ccc(CC(NC(=O)CCc2ccccc2)C(=O)O)cc1. The van der Waals surface area contributed by atoms with Crippen molar-refractivity contribution in [1.82, 2.24) is 5.32 Å². The van der Waals surface area contributed by atoms with Gasteiger partial charge in [-0.1, -0.05) is 55.3 Å². The zero-order valence-electron chi connectivity index (χ0n) is 17.4. The highest BCUT2D eigenvalue weighted by molar-refractivity contribution is 5.83. The van der Waals surface area contributed by atoms with Crippen molar-refractivity contribution in [2.45, 2.75) is 51.0 Å². The molecule has 1 atom stereocenters. The molecule has 2 aromatic carbocycles. The van der Waals surface area contributed by atoms with Crippen molar-refractivity contribution in [2.75, 3.05) is 13.2 Å². The van der Waals surface area contributed by atoms with E-state index in [4.69, 9.17) is 10.5 Å². The molecule has 0 saturated carbocycles. The summed E-state index contributed by atoms with van der Waals surface area (Å²) in [4.78, 5) is 23.8. The minimum Gasteiger partial charge on any atom is -0.494 e. The first-order chi connectivity index (χ1) is 14.6. The van der Waals surface area contributed by atoms with Gasteiger partial charge in [-0.15, -0.1) is 0 Å². The summed E-state index contributed by atoms with van der Waals surface area (Å²) >= 11 is 0. The van der Waals surface area contributed by atoms with Crippen LogP contribution in [-0.2, 0) is 22.4 Å². The number of nitrogens with one attached hydrogen (secondary N) is 1. The Morgan fingerprint density at radius 2 is 1.63 bits per heavy atom. The van der Waals surface area contributed by atoms with Crippen LogP contribution >= 0.6 is 0 Å². The van der Waals surface area contributed by atoms with Crippen molar-refractivity contribution in [1.29, 1.82) is 0 Å². The number of unbranched alkanes of at least 4 members (excludes halogenated alkanes) is 3. The first kappa shape index (κ1) is 23.4. The highest BCUT2D eigenvalue weighted by Gasteiger charge is 2.20. The molecule has 162 valence electrons. The number of carbonyl (C=O) groups is 2. The van der Waals surface area contributed by atoms with Gasteiger partial charge in [0.25, 0.3) is 0 Å². The summed E-state index contributed by atoms with van der Waals surface area (Å²) in [7, 11) is 0. The van der Waals surface area contributed by atoms with Crippen LogP contribution in [0.5, 0.6) is 5.75 Å². The number of hydrogen-bond donors (Lipinski definition) is 3. The lowest BCUT2D eigenvalue weighted by Crippen LogP contribution is -2.42. The molecule has 0 aromatic heterocycles. The number of nitrogens with two attached hydrogens (primary N) is 1. The molecule has 0 bridgehead atoms. The summed E-state index contributed by atoms with van der Waals surface area (Å²) in [6.45, 7) is 1.38. The summed E-state index contributed by atoms with van der Waals surface area (Å²) in [6.07, 6.45) is 5.31. The third-order valence-corrected chi connectivity index (χ3v) is 4.85. The molecule has 0 heterocycles. The predicted molar refractivity (Wildman–Crippen MR) is 117 cm³/mol. The van der Waals surface area contributed by atoms with E-state index in [0.717, 1.165) is 49.1 Å². The summed E-state index contributed by atoms with van der Waals surface area (Å²) in [5.41, 5.74) is 7.36. The Morgan fingerprint density at radius 1 is 0.933 bits per heavy atom. The number of hydrogen-bond acceptors (Lipinski definition) is 4. The van der Waals surface area contributed by atoms with Gasteiger partial charge >= 0.3 is 5.97 Å². The summed E-state index contributed by atoms with van der Waals surface area (Å²) in [5.74, 6) is -0.543. The molecule has 2 aromatic rings. The van der Waals surface area contributed by atoms with Crippen LogP contribution in [0.2, 0.25) is 0 Å². The fourth-order valence-corrected chi connectivity index (χ4v) is 3.12. The summed E-state index contributed by atoms with van der Waals surface area (Å²) in [6, 6.07) is 16.1. The number of ether oxygens (including phenoxy) is 1. The molecule has 6 nitrogen and oxygen atoms in total. The van der Waals surface area contributed by atoms with E-state index in [1.807, 2.05) is 54.6 Å². The van der Waals surface area contributed by atoms with Crippen molar-refractivity contribution >= 4 is 11.9 Å². The van der Waals surface area contributed by atoms with Crippen molar-refractivity contribution in [2.24, 2.45) is 5.73 Å². The maximum Gasteiger partial charge on any atom is 0.326 e. The number of aryl methyl sites for hydroxylation is 1. The van der Waals surface area contributed by atoms with Crippen LogP contribution in [0.25, 0.3) is 0 Å². The molecule has 0 aliphatic carbocycles. The number of rotatable bonds is 14. The number of carbonyl (C=O) groups excluding carboxylic acids is 1. The van der Waals surface area contributed by atoms with Crippen LogP contribution in [0, 0.1) is 0 Å². The maximum atomic E-state index is 12.2. The monoisotopic (exact) mass is 412 g/mol. The minimum absolute atomic E-state index is 0.228. The lowest BCUT2D eigenvalue weighted by Gasteiger charge is -2.15. The summed E-state index contributed by atoms with van der Waals surface area (Å²) in [5, 5.41) is 12.1. The lowest BCUT2D eigenvalue weighted by molar-refractivity contribution is -0.141. The zero-order chi connectivity index (χ0) is 21.6. The van der Waals surface area contributed by atoms with E-state index in [2.05, 4.69) is 5.32 Å². The smallest absolute Gasteiger partial charge is 0.326 e. The fraction of sp³-hybridized carbons (Fsp3) is 0.417. The van der Waals surface area contributed by atoms with Gasteiger partial charge in [0.1, 0.15) is 11.8 Å². The number of carboxylic acid groups (broad SMARTS) is 1. The van der Waals surface area contributed by atoms with Crippen molar-refractivity contribution < 1.29 is 19.4 Å². The quantitative estimate of drug-likeness (QED) is 0.413. The van der Waals surface area contributed by atoms with E-state index in [1.165, 1.54) is 0 Å². The lowest BCUT2D eigenvalue weighted by atomic mass is 10.0. The molecular weight excluding hydrogens is 380 g/mol. The first-order valence-corrected chi connectivity index (χ1v) is 10.6. The van der Waals surface area contributed by atoms with Gasteiger partial charge < -0.3 is 20.9 Å². The van der Waals surface area contributed by atoms with E-state index in [9.17, 15) is 14.7 Å². The molecule has 0 saturated heterocycles. The number of aliphatic carboxylic acids is 1. The van der Waals surface area contributed by atoms with Gasteiger partial charge in [0, 0.05) is 12.8 Å². The van der Waals surface area contributed by atoms with Crippen LogP contribution < -0.4 is 15.8 Å². The fourth-order valence-electron chi connectivity index (χ4n) is 3.12. The molecular formula is C24H32N2O4. The van der Waals surface area contributed by atoms with E-state index >= 15 is 0 Å². The van der Waals surface area contributed by atoms with E-state index in [1.54, 1.807) is 0 Å². The van der Waals surface area contributed by atoms with Crippen LogP contribution in [0.15, 0.2) is 54.6 Å². The zero-order valence-corrected chi connectivity index (χ0v) is 17.4. The molecule has 30 heavy (non-hydrogen) atoms. The van der Waals surface area contributed by atoms with Gasteiger partial charge in [-0.3, -0.25) is 4.79 Å². The Bertz CT molecular complexity index is 763. The van der Waals surface area contributed by atoms with Crippen LogP contribution in [0.3, 0.4) is 0 Å². The van der Waals surface area contributed by atoms with Crippen LogP contribution in [-0.4, -0.2) is 36.2 Å². The summed E-state index contributed by atoms with van der Waals surface area (Å²) < 4.78 is 5.71. The Hall–Kier alpha value is -2.86. The Balaban J connectivity index is 1.77. The van der Waals surface area contributed by atoms with Crippen LogP contribution in [0.1, 0.15) is 43.2 Å². The molecule has 0 radical (unpaired) electrons. The number of benzene rings is 2. The second kappa shape index (κ2) is 13.4. The third kappa shape index (κ3) is 9.09. The van der Waals surface area contributed by atoms with Gasteiger partial charge in [-0.25, -0.2) is 4.79 Å². The molecule has 6 heteroatoms. The molecule has 0 spiro atoms. The Kier molecular flexibility index (Phi) is 10.4. The second-order valence-electron chi connectivity index (χ2n) is 7.34. The van der Waals surface area contributed by atoms with Crippen molar-refractivity contribution in [3.8, 4) is 5.75 Å². The second-order valence-corrected chi connectivity index (χ2v) is 7.34. The molecule has 1 amide bonds. The van der Waals surface area contributed by atoms with Gasteiger partial charge in [-0.2, -0.15) is 0 Å². The van der Waals surface area contributed by atoms with E-state index in [0.29, 0.717) is 13.0 Å². The van der Waals surface area contributed by atoms with Gasteiger partial charge in [0.05, 0.1) is 6.61 Å². The molecule has 0 aliphatic rings. The van der Waals surface area contributed by atoms with E-state index < -0.39 is 12.0 Å². The molecule has 2 rings (SSSR count). The van der Waals surface area contributed by atoms with Crippen molar-refractivity contribution in [3.05, 3.63) is 65.7 Å². The Morgan fingerprint density at radius 3 is 2.30 bits per heavy atom. The molecule has 4 N–H and O–H groups in total. The third-order valence-electron chi connectivity index (χ3n) is 4.85. The molecule has 1 unspecified atom stereocenters. The van der Waals surface area contributed by atoms with Crippen LogP contribution in [0.4, 0.5) is 0 Å². The van der Waals surface area contributed by atoms with Gasteiger partial charge in [0.2, 0.25) is 5.91 Å². The standard InChI is InChI=1S/C24H32N2O4/c25-16-6-1-2-7-17-30-21-13-10-20(11-14-21)18-22(24(28)29)26-23(27)15-12-19-8-4-3-5-9-19/h3-5,8-11,13-14,22H,1-2,6-7,12,15-18,25H2,(H,26,27)(H,28,29). The highest BCUT2D eigenvalue weighted by Crippen LogP contribution is 2.15. The van der Waals surface area contributed by atoms with Gasteiger partial charge in [0.15, 0.2) is 0 Å². The highest BCUT2D eigenvalue weighted by atomic mass is 16.5.